The summed E-state index contributed by atoms with van der Waals surface area (Å²) in [7, 11) is 4.08. The van der Waals surface area contributed by atoms with Gasteiger partial charge in [-0.25, -0.2) is 4.98 Å². The van der Waals surface area contributed by atoms with E-state index in [4.69, 9.17) is 5.73 Å². The molecule has 0 saturated carbocycles. The SMILES string of the molecule is CCNc1nc(N)c(C(=O)NCCCCN(C)C)s1. The molecule has 1 amide bonds. The lowest BCUT2D eigenvalue weighted by Gasteiger charge is -2.09. The Hall–Kier alpha value is -1.34. The van der Waals surface area contributed by atoms with Crippen molar-refractivity contribution in [3.05, 3.63) is 4.88 Å². The number of hydrogen-bond acceptors (Lipinski definition) is 6. The number of rotatable bonds is 8. The first-order chi connectivity index (χ1) is 9.04. The average molecular weight is 285 g/mol. The van der Waals surface area contributed by atoms with E-state index in [0.717, 1.165) is 25.9 Å². The molecular weight excluding hydrogens is 262 g/mol. The van der Waals surface area contributed by atoms with Crippen molar-refractivity contribution in [2.45, 2.75) is 19.8 Å². The van der Waals surface area contributed by atoms with Gasteiger partial charge >= 0.3 is 0 Å². The number of thiazole rings is 1. The number of aromatic nitrogens is 1. The Bertz CT molecular complexity index is 405. The second kappa shape index (κ2) is 7.96. The predicted molar refractivity (Wildman–Crippen MR) is 80.8 cm³/mol. The van der Waals surface area contributed by atoms with Gasteiger partial charge in [-0.2, -0.15) is 0 Å². The lowest BCUT2D eigenvalue weighted by Crippen LogP contribution is -2.25. The van der Waals surface area contributed by atoms with Crippen LogP contribution in [0.25, 0.3) is 0 Å². The third-order valence-electron chi connectivity index (χ3n) is 2.51. The van der Waals surface area contributed by atoms with Crippen LogP contribution in [0.15, 0.2) is 0 Å². The van der Waals surface area contributed by atoms with Gasteiger partial charge in [0, 0.05) is 13.1 Å². The minimum Gasteiger partial charge on any atom is -0.382 e. The maximum Gasteiger partial charge on any atom is 0.265 e. The Morgan fingerprint density at radius 1 is 1.42 bits per heavy atom. The van der Waals surface area contributed by atoms with E-state index in [1.165, 1.54) is 11.3 Å². The largest absolute Gasteiger partial charge is 0.382 e. The van der Waals surface area contributed by atoms with E-state index >= 15 is 0 Å². The molecule has 0 spiro atoms. The van der Waals surface area contributed by atoms with Crippen LogP contribution in [0.4, 0.5) is 10.9 Å². The second-order valence-electron chi connectivity index (χ2n) is 4.53. The number of carbonyl (C=O) groups is 1. The summed E-state index contributed by atoms with van der Waals surface area (Å²) in [6, 6.07) is 0. The molecule has 1 heterocycles. The van der Waals surface area contributed by atoms with Gasteiger partial charge in [-0.1, -0.05) is 11.3 Å². The number of hydrogen-bond donors (Lipinski definition) is 3. The quantitative estimate of drug-likeness (QED) is 0.626. The molecule has 1 aromatic heterocycles. The van der Waals surface area contributed by atoms with Crippen molar-refractivity contribution in [3.63, 3.8) is 0 Å². The summed E-state index contributed by atoms with van der Waals surface area (Å²) in [5.74, 6) is 0.163. The molecule has 4 N–H and O–H groups in total. The number of nitrogens with two attached hydrogens (primary N) is 1. The summed E-state index contributed by atoms with van der Waals surface area (Å²) in [6.45, 7) is 4.43. The molecule has 19 heavy (non-hydrogen) atoms. The van der Waals surface area contributed by atoms with Gasteiger partial charge in [0.1, 0.15) is 10.7 Å². The molecule has 0 aliphatic heterocycles. The molecule has 0 atom stereocenters. The van der Waals surface area contributed by atoms with Crippen LogP contribution in [0.3, 0.4) is 0 Å². The van der Waals surface area contributed by atoms with Crippen LogP contribution in [0.5, 0.6) is 0 Å². The van der Waals surface area contributed by atoms with Gasteiger partial charge in [0.15, 0.2) is 5.13 Å². The van der Waals surface area contributed by atoms with Gasteiger partial charge in [-0.05, 0) is 40.4 Å². The molecule has 108 valence electrons. The number of anilines is 2. The van der Waals surface area contributed by atoms with E-state index < -0.39 is 0 Å². The summed E-state index contributed by atoms with van der Waals surface area (Å²) in [6.07, 6.45) is 2.02. The molecule has 0 radical (unpaired) electrons. The second-order valence-corrected chi connectivity index (χ2v) is 5.53. The van der Waals surface area contributed by atoms with Crippen molar-refractivity contribution in [2.24, 2.45) is 0 Å². The van der Waals surface area contributed by atoms with Crippen LogP contribution in [0.2, 0.25) is 0 Å². The Kier molecular flexibility index (Phi) is 6.58. The maximum absolute atomic E-state index is 11.9. The highest BCUT2D eigenvalue weighted by atomic mass is 32.1. The fourth-order valence-corrected chi connectivity index (χ4v) is 2.43. The molecular formula is C12H23N5OS. The van der Waals surface area contributed by atoms with Crippen LogP contribution in [-0.2, 0) is 0 Å². The zero-order chi connectivity index (χ0) is 14.3. The van der Waals surface area contributed by atoms with E-state index in [9.17, 15) is 4.79 Å². The molecule has 0 aromatic carbocycles. The molecule has 1 aromatic rings. The van der Waals surface area contributed by atoms with Crippen molar-refractivity contribution in [2.75, 3.05) is 44.8 Å². The normalized spacial score (nSPS) is 10.7. The zero-order valence-corrected chi connectivity index (χ0v) is 12.6. The number of nitrogens with one attached hydrogen (secondary N) is 2. The maximum atomic E-state index is 11.9. The first-order valence-electron chi connectivity index (χ1n) is 6.47. The van der Waals surface area contributed by atoms with Gasteiger partial charge in [0.25, 0.3) is 5.91 Å². The van der Waals surface area contributed by atoms with Gasteiger partial charge < -0.3 is 21.3 Å². The Morgan fingerprint density at radius 3 is 2.79 bits per heavy atom. The van der Waals surface area contributed by atoms with E-state index in [1.807, 2.05) is 21.0 Å². The topological polar surface area (TPSA) is 83.3 Å². The molecule has 0 fully saturated rings. The van der Waals surface area contributed by atoms with Crippen LogP contribution in [0.1, 0.15) is 29.4 Å². The number of nitrogen functional groups attached to an aromatic ring is 1. The van der Waals surface area contributed by atoms with Crippen LogP contribution in [-0.4, -0.2) is 49.5 Å². The summed E-state index contributed by atoms with van der Waals surface area (Å²) in [4.78, 5) is 18.6. The Balaban J connectivity index is 2.36. The number of unbranched alkanes of at least 4 members (excludes halogenated alkanes) is 1. The summed E-state index contributed by atoms with van der Waals surface area (Å²) >= 11 is 1.29. The lowest BCUT2D eigenvalue weighted by molar-refractivity contribution is 0.0957. The van der Waals surface area contributed by atoms with E-state index in [0.29, 0.717) is 22.4 Å². The highest BCUT2D eigenvalue weighted by Crippen LogP contribution is 2.24. The molecule has 7 heteroatoms. The van der Waals surface area contributed by atoms with Crippen molar-refractivity contribution in [1.82, 2.24) is 15.2 Å². The van der Waals surface area contributed by atoms with Gasteiger partial charge in [-0.3, -0.25) is 4.79 Å². The first kappa shape index (κ1) is 15.7. The molecule has 0 aliphatic rings. The standard InChI is InChI=1S/C12H23N5OS/c1-4-14-12-16-10(13)9(19-12)11(18)15-7-5-6-8-17(2)3/h4-8,13H2,1-3H3,(H,14,16)(H,15,18). The summed E-state index contributed by atoms with van der Waals surface area (Å²) in [5, 5.41) is 6.62. The number of nitrogens with zero attached hydrogens (tertiary/aromatic N) is 2. The third kappa shape index (κ3) is 5.44. The minimum absolute atomic E-state index is 0.135. The van der Waals surface area contributed by atoms with Crippen molar-refractivity contribution in [1.29, 1.82) is 0 Å². The molecule has 0 saturated heterocycles. The Morgan fingerprint density at radius 2 is 2.16 bits per heavy atom. The van der Waals surface area contributed by atoms with Crippen molar-refractivity contribution >= 4 is 28.2 Å². The average Bonchev–Trinajstić information content (AvgIpc) is 2.70. The van der Waals surface area contributed by atoms with E-state index in [2.05, 4.69) is 20.5 Å². The van der Waals surface area contributed by atoms with Crippen LogP contribution in [0, 0.1) is 0 Å². The van der Waals surface area contributed by atoms with Crippen molar-refractivity contribution in [3.8, 4) is 0 Å². The Labute approximate surface area is 118 Å². The van der Waals surface area contributed by atoms with Gasteiger partial charge in [0.05, 0.1) is 0 Å². The van der Waals surface area contributed by atoms with E-state index in [1.54, 1.807) is 0 Å². The zero-order valence-electron chi connectivity index (χ0n) is 11.8. The van der Waals surface area contributed by atoms with Gasteiger partial charge in [-0.15, -0.1) is 0 Å². The first-order valence-corrected chi connectivity index (χ1v) is 7.29. The predicted octanol–water partition coefficient (Wildman–Crippen LogP) is 1.23. The monoisotopic (exact) mass is 285 g/mol. The van der Waals surface area contributed by atoms with E-state index in [-0.39, 0.29) is 5.91 Å². The minimum atomic E-state index is -0.135. The third-order valence-corrected chi connectivity index (χ3v) is 3.53. The van der Waals surface area contributed by atoms with Crippen LogP contribution >= 0.6 is 11.3 Å². The van der Waals surface area contributed by atoms with Gasteiger partial charge in [0.2, 0.25) is 0 Å². The molecule has 0 bridgehead atoms. The van der Waals surface area contributed by atoms with Crippen LogP contribution < -0.4 is 16.4 Å². The molecule has 1 rings (SSSR count). The summed E-state index contributed by atoms with van der Waals surface area (Å²) in [5.41, 5.74) is 5.73. The lowest BCUT2D eigenvalue weighted by atomic mass is 10.3. The van der Waals surface area contributed by atoms with Crippen molar-refractivity contribution < 1.29 is 4.79 Å². The molecule has 0 unspecified atom stereocenters. The number of carbonyl (C=O) groups excluding carboxylic acids is 1. The molecule has 0 aliphatic carbocycles. The highest BCUT2D eigenvalue weighted by Gasteiger charge is 2.15. The number of amides is 1. The highest BCUT2D eigenvalue weighted by molar-refractivity contribution is 7.18. The summed E-state index contributed by atoms with van der Waals surface area (Å²) < 4.78 is 0. The molecule has 6 nitrogen and oxygen atoms in total. The fourth-order valence-electron chi connectivity index (χ4n) is 1.56. The fraction of sp³-hybridized carbons (Fsp3) is 0.667. The smallest absolute Gasteiger partial charge is 0.265 e.